The maximum Gasteiger partial charge on any atom is 0.251 e. The largest absolute Gasteiger partial charge is 0.354 e. The van der Waals surface area contributed by atoms with Crippen molar-refractivity contribution >= 4 is 11.7 Å². The quantitative estimate of drug-likeness (QED) is 0.926. The molecule has 1 amide bonds. The molecule has 1 aliphatic rings. The van der Waals surface area contributed by atoms with E-state index >= 15 is 0 Å². The fourth-order valence-electron chi connectivity index (χ4n) is 2.49. The van der Waals surface area contributed by atoms with E-state index in [2.05, 4.69) is 15.2 Å². The summed E-state index contributed by atoms with van der Waals surface area (Å²) in [5, 5.41) is 3.09. The maximum absolute atomic E-state index is 12.1. The van der Waals surface area contributed by atoms with E-state index in [4.69, 9.17) is 0 Å². The van der Waals surface area contributed by atoms with Crippen molar-refractivity contribution in [2.45, 2.75) is 12.5 Å². The second-order valence-electron chi connectivity index (χ2n) is 4.96. The zero-order chi connectivity index (χ0) is 13.8. The van der Waals surface area contributed by atoms with E-state index < -0.39 is 0 Å². The molecule has 1 aliphatic heterocycles. The number of anilines is 1. The lowest BCUT2D eigenvalue weighted by atomic mass is 10.2. The molecule has 0 bridgehead atoms. The third kappa shape index (κ3) is 2.79. The minimum Gasteiger partial charge on any atom is -0.354 e. The number of pyridine rings is 1. The number of rotatable bonds is 3. The van der Waals surface area contributed by atoms with Gasteiger partial charge in [0.1, 0.15) is 5.82 Å². The van der Waals surface area contributed by atoms with Crippen molar-refractivity contribution in [3.05, 3.63) is 60.3 Å². The highest BCUT2D eigenvalue weighted by molar-refractivity contribution is 5.94. The van der Waals surface area contributed by atoms with Crippen LogP contribution in [0, 0.1) is 0 Å². The second-order valence-corrected chi connectivity index (χ2v) is 4.96. The van der Waals surface area contributed by atoms with Gasteiger partial charge in [-0.1, -0.05) is 24.3 Å². The van der Waals surface area contributed by atoms with E-state index in [0.717, 1.165) is 25.3 Å². The van der Waals surface area contributed by atoms with Gasteiger partial charge in [-0.3, -0.25) is 4.79 Å². The van der Waals surface area contributed by atoms with Gasteiger partial charge >= 0.3 is 0 Å². The van der Waals surface area contributed by atoms with Crippen LogP contribution in [0.1, 0.15) is 16.8 Å². The molecule has 4 heteroatoms. The van der Waals surface area contributed by atoms with Gasteiger partial charge in [0.2, 0.25) is 0 Å². The molecule has 2 heterocycles. The summed E-state index contributed by atoms with van der Waals surface area (Å²) in [5.74, 6) is 0.974. The van der Waals surface area contributed by atoms with Crippen LogP contribution < -0.4 is 10.2 Å². The Balaban J connectivity index is 1.60. The fraction of sp³-hybridized carbons (Fsp3) is 0.250. The van der Waals surface area contributed by atoms with Gasteiger partial charge < -0.3 is 10.2 Å². The van der Waals surface area contributed by atoms with Crippen LogP contribution in [-0.4, -0.2) is 30.0 Å². The smallest absolute Gasteiger partial charge is 0.251 e. The van der Waals surface area contributed by atoms with E-state index in [1.165, 1.54) is 0 Å². The third-order valence-electron chi connectivity index (χ3n) is 3.53. The van der Waals surface area contributed by atoms with Crippen LogP contribution in [0.15, 0.2) is 54.7 Å². The average Bonchev–Trinajstić information content (AvgIpc) is 2.97. The van der Waals surface area contributed by atoms with Crippen LogP contribution in [-0.2, 0) is 0 Å². The molecule has 20 heavy (non-hydrogen) atoms. The van der Waals surface area contributed by atoms with E-state index in [1.54, 1.807) is 6.20 Å². The number of nitrogens with one attached hydrogen (secondary N) is 1. The number of hydrogen-bond acceptors (Lipinski definition) is 3. The van der Waals surface area contributed by atoms with Crippen LogP contribution >= 0.6 is 0 Å². The molecule has 1 N–H and O–H groups in total. The Bertz CT molecular complexity index is 571. The fourth-order valence-corrected chi connectivity index (χ4v) is 2.49. The lowest BCUT2D eigenvalue weighted by Crippen LogP contribution is -2.37. The lowest BCUT2D eigenvalue weighted by Gasteiger charge is -2.17. The van der Waals surface area contributed by atoms with Crippen molar-refractivity contribution in [3.8, 4) is 0 Å². The molecule has 0 spiro atoms. The van der Waals surface area contributed by atoms with E-state index in [9.17, 15) is 4.79 Å². The Morgan fingerprint density at radius 3 is 2.70 bits per heavy atom. The normalized spacial score (nSPS) is 18.0. The van der Waals surface area contributed by atoms with E-state index in [1.807, 2.05) is 48.5 Å². The van der Waals surface area contributed by atoms with Crippen molar-refractivity contribution < 1.29 is 4.79 Å². The maximum atomic E-state index is 12.1. The molecule has 1 aromatic carbocycles. The lowest BCUT2D eigenvalue weighted by molar-refractivity contribution is 0.0940. The predicted octanol–water partition coefficient (Wildman–Crippen LogP) is 2.09. The van der Waals surface area contributed by atoms with Gasteiger partial charge in [-0.25, -0.2) is 4.98 Å². The molecule has 1 fully saturated rings. The van der Waals surface area contributed by atoms with Crippen molar-refractivity contribution in [1.82, 2.24) is 10.3 Å². The van der Waals surface area contributed by atoms with Gasteiger partial charge in [0, 0.05) is 30.9 Å². The first-order chi connectivity index (χ1) is 9.83. The highest BCUT2D eigenvalue weighted by Crippen LogP contribution is 2.17. The Labute approximate surface area is 118 Å². The van der Waals surface area contributed by atoms with Crippen molar-refractivity contribution in [2.75, 3.05) is 18.0 Å². The number of nitrogens with zero attached hydrogens (tertiary/aromatic N) is 2. The molecular formula is C16H17N3O. The Hall–Kier alpha value is -2.36. The van der Waals surface area contributed by atoms with Gasteiger partial charge in [0.15, 0.2) is 0 Å². The molecule has 3 rings (SSSR count). The molecule has 1 saturated heterocycles. The van der Waals surface area contributed by atoms with Gasteiger partial charge in [0.25, 0.3) is 5.91 Å². The standard InChI is InChI=1S/C16H17N3O/c20-16(13-6-2-1-3-7-13)18-14-9-11-19(12-14)15-8-4-5-10-17-15/h1-8,10,14H,9,11-12H2,(H,18,20)/t14-/m1/s1. The number of hydrogen-bond donors (Lipinski definition) is 1. The van der Waals surface area contributed by atoms with E-state index in [-0.39, 0.29) is 11.9 Å². The first-order valence-corrected chi connectivity index (χ1v) is 6.85. The summed E-state index contributed by atoms with van der Waals surface area (Å²) in [6, 6.07) is 15.4. The monoisotopic (exact) mass is 267 g/mol. The second kappa shape index (κ2) is 5.74. The van der Waals surface area contributed by atoms with Gasteiger partial charge in [-0.05, 0) is 30.7 Å². The summed E-state index contributed by atoms with van der Waals surface area (Å²) in [4.78, 5) is 18.6. The SMILES string of the molecule is O=C(N[C@@H]1CCN(c2ccccn2)C1)c1ccccc1. The molecule has 0 saturated carbocycles. The van der Waals surface area contributed by atoms with Gasteiger partial charge in [-0.15, -0.1) is 0 Å². The number of carbonyl (C=O) groups is 1. The van der Waals surface area contributed by atoms with Gasteiger partial charge in [-0.2, -0.15) is 0 Å². The Morgan fingerprint density at radius 1 is 1.15 bits per heavy atom. The van der Waals surface area contributed by atoms with Gasteiger partial charge in [0.05, 0.1) is 0 Å². The summed E-state index contributed by atoms with van der Waals surface area (Å²) >= 11 is 0. The minimum absolute atomic E-state index is 0.00142. The molecule has 0 unspecified atom stereocenters. The Kier molecular flexibility index (Phi) is 3.63. The summed E-state index contributed by atoms with van der Waals surface area (Å²) in [6.07, 6.45) is 2.75. The molecule has 102 valence electrons. The minimum atomic E-state index is -0.00142. The number of benzene rings is 1. The molecule has 0 aliphatic carbocycles. The number of amides is 1. The molecular weight excluding hydrogens is 250 g/mol. The van der Waals surface area contributed by atoms with Crippen LogP contribution in [0.2, 0.25) is 0 Å². The topological polar surface area (TPSA) is 45.2 Å². The van der Waals surface area contributed by atoms with Crippen LogP contribution in [0.25, 0.3) is 0 Å². The molecule has 1 aromatic heterocycles. The number of carbonyl (C=O) groups excluding carboxylic acids is 1. The predicted molar refractivity (Wildman–Crippen MR) is 78.8 cm³/mol. The molecule has 4 nitrogen and oxygen atoms in total. The van der Waals surface area contributed by atoms with Crippen molar-refractivity contribution in [1.29, 1.82) is 0 Å². The molecule has 2 aromatic rings. The first kappa shape index (κ1) is 12.7. The number of aromatic nitrogens is 1. The first-order valence-electron chi connectivity index (χ1n) is 6.85. The Morgan fingerprint density at radius 2 is 1.95 bits per heavy atom. The van der Waals surface area contributed by atoms with Crippen molar-refractivity contribution in [2.24, 2.45) is 0 Å². The van der Waals surface area contributed by atoms with Crippen LogP contribution in [0.4, 0.5) is 5.82 Å². The van der Waals surface area contributed by atoms with E-state index in [0.29, 0.717) is 5.56 Å². The molecule has 0 radical (unpaired) electrons. The van der Waals surface area contributed by atoms with Crippen LogP contribution in [0.5, 0.6) is 0 Å². The molecule has 1 atom stereocenters. The average molecular weight is 267 g/mol. The van der Waals surface area contributed by atoms with Crippen LogP contribution in [0.3, 0.4) is 0 Å². The summed E-state index contributed by atoms with van der Waals surface area (Å²) < 4.78 is 0. The highest BCUT2D eigenvalue weighted by Gasteiger charge is 2.24. The third-order valence-corrected chi connectivity index (χ3v) is 3.53. The summed E-state index contributed by atoms with van der Waals surface area (Å²) in [7, 11) is 0. The zero-order valence-corrected chi connectivity index (χ0v) is 11.2. The zero-order valence-electron chi connectivity index (χ0n) is 11.2. The summed E-state index contributed by atoms with van der Waals surface area (Å²) in [6.45, 7) is 1.74. The highest BCUT2D eigenvalue weighted by atomic mass is 16.1. The summed E-state index contributed by atoms with van der Waals surface area (Å²) in [5.41, 5.74) is 0.712. The van der Waals surface area contributed by atoms with Crippen molar-refractivity contribution in [3.63, 3.8) is 0 Å².